The van der Waals surface area contributed by atoms with Gasteiger partial charge in [-0.05, 0) is 36.2 Å². The van der Waals surface area contributed by atoms with E-state index in [1.54, 1.807) is 12.1 Å². The van der Waals surface area contributed by atoms with Crippen LogP contribution in [0.2, 0.25) is 5.02 Å². The lowest BCUT2D eigenvalue weighted by Crippen LogP contribution is -2.40. The van der Waals surface area contributed by atoms with E-state index in [1.165, 1.54) is 28.6 Å². The lowest BCUT2D eigenvalue weighted by atomic mass is 10.1. The Morgan fingerprint density at radius 2 is 1.82 bits per heavy atom. The van der Waals surface area contributed by atoms with Crippen molar-refractivity contribution >= 4 is 44.9 Å². The van der Waals surface area contributed by atoms with Crippen LogP contribution < -0.4 is 5.32 Å². The number of esters is 1. The predicted octanol–water partition coefficient (Wildman–Crippen LogP) is 2.38. The predicted molar refractivity (Wildman–Crippen MR) is 122 cm³/mol. The molecule has 0 unspecified atom stereocenters. The molecule has 11 nitrogen and oxygen atoms in total. The van der Waals surface area contributed by atoms with E-state index in [9.17, 15) is 28.1 Å². The quantitative estimate of drug-likeness (QED) is 0.307. The van der Waals surface area contributed by atoms with Gasteiger partial charge in [-0.25, -0.2) is 8.42 Å². The van der Waals surface area contributed by atoms with Crippen LogP contribution in [0.15, 0.2) is 47.4 Å². The molecule has 1 saturated heterocycles. The molecule has 13 heteroatoms. The highest BCUT2D eigenvalue weighted by Gasteiger charge is 2.26. The van der Waals surface area contributed by atoms with E-state index in [0.29, 0.717) is 26.3 Å². The minimum absolute atomic E-state index is 0.0378. The van der Waals surface area contributed by atoms with Crippen molar-refractivity contribution in [2.45, 2.75) is 17.7 Å². The number of benzene rings is 2. The van der Waals surface area contributed by atoms with E-state index in [-0.39, 0.29) is 34.1 Å². The third-order valence-corrected chi connectivity index (χ3v) is 7.09. The Labute approximate surface area is 200 Å². The van der Waals surface area contributed by atoms with Gasteiger partial charge in [0.05, 0.1) is 23.0 Å². The number of amides is 1. The van der Waals surface area contributed by atoms with Crippen LogP contribution >= 0.6 is 11.6 Å². The lowest BCUT2D eigenvalue weighted by molar-refractivity contribution is -0.383. The maximum atomic E-state index is 12.6. The molecule has 1 aliphatic rings. The number of morpholine rings is 1. The third kappa shape index (κ3) is 6.73. The summed E-state index contributed by atoms with van der Waals surface area (Å²) in [6.07, 6.45) is 0.241. The molecule has 1 aliphatic heterocycles. The molecule has 182 valence electrons. The summed E-state index contributed by atoms with van der Waals surface area (Å²) in [7, 11) is -3.60. The second kappa shape index (κ2) is 11.4. The van der Waals surface area contributed by atoms with Crippen molar-refractivity contribution in [1.82, 2.24) is 4.31 Å². The van der Waals surface area contributed by atoms with Crippen molar-refractivity contribution in [2.24, 2.45) is 0 Å². The van der Waals surface area contributed by atoms with Crippen LogP contribution in [0.25, 0.3) is 0 Å². The molecule has 3 rings (SSSR count). The van der Waals surface area contributed by atoms with Crippen LogP contribution in [0, 0.1) is 10.1 Å². The first-order valence-corrected chi connectivity index (χ1v) is 12.0. The Balaban J connectivity index is 1.47. The molecule has 2 aromatic carbocycles. The number of nitro groups is 1. The number of anilines is 1. The molecule has 0 aromatic heterocycles. The summed E-state index contributed by atoms with van der Waals surface area (Å²) in [6.45, 7) is 0.696. The number of sulfonamides is 1. The second-order valence-electron chi connectivity index (χ2n) is 7.29. The van der Waals surface area contributed by atoms with Gasteiger partial charge in [0, 0.05) is 30.6 Å². The van der Waals surface area contributed by atoms with Crippen molar-refractivity contribution in [1.29, 1.82) is 0 Å². The van der Waals surface area contributed by atoms with Crippen molar-refractivity contribution in [3.8, 4) is 0 Å². The Bertz CT molecular complexity index is 1170. The molecular weight excluding hydrogens is 490 g/mol. The molecule has 1 amide bonds. The summed E-state index contributed by atoms with van der Waals surface area (Å²) in [5, 5.41) is 13.5. The molecule has 0 spiro atoms. The van der Waals surface area contributed by atoms with Crippen molar-refractivity contribution in [3.63, 3.8) is 0 Å². The molecule has 1 fully saturated rings. The summed E-state index contributed by atoms with van der Waals surface area (Å²) in [4.78, 5) is 34.5. The third-order valence-electron chi connectivity index (χ3n) is 4.94. The smallest absolute Gasteiger partial charge is 0.306 e. The minimum atomic E-state index is -3.60. The van der Waals surface area contributed by atoms with Gasteiger partial charge in [-0.15, -0.1) is 0 Å². The van der Waals surface area contributed by atoms with Gasteiger partial charge in [0.1, 0.15) is 5.69 Å². The zero-order valence-electron chi connectivity index (χ0n) is 17.9. The number of hydrogen-bond donors (Lipinski definition) is 1. The molecule has 34 heavy (non-hydrogen) atoms. The van der Waals surface area contributed by atoms with E-state index in [2.05, 4.69) is 5.32 Å². The number of halogens is 1. The number of hydrogen-bond acceptors (Lipinski definition) is 8. The van der Waals surface area contributed by atoms with E-state index >= 15 is 0 Å². The highest BCUT2D eigenvalue weighted by molar-refractivity contribution is 7.89. The molecule has 0 saturated carbocycles. The monoisotopic (exact) mass is 511 g/mol. The van der Waals surface area contributed by atoms with E-state index in [0.717, 1.165) is 11.6 Å². The topological polar surface area (TPSA) is 145 Å². The van der Waals surface area contributed by atoms with Crippen LogP contribution in [-0.2, 0) is 35.5 Å². The fourth-order valence-electron chi connectivity index (χ4n) is 3.18. The molecule has 1 heterocycles. The molecule has 0 bridgehead atoms. The summed E-state index contributed by atoms with van der Waals surface area (Å²) < 4.78 is 36.7. The van der Waals surface area contributed by atoms with Crippen LogP contribution in [0.1, 0.15) is 12.0 Å². The zero-order valence-corrected chi connectivity index (χ0v) is 19.5. The number of nitro benzene ring substituents is 1. The first-order valence-electron chi connectivity index (χ1n) is 10.2. The summed E-state index contributed by atoms with van der Waals surface area (Å²) in [5.74, 6) is -1.39. The molecular formula is C21H22ClN3O8S. The average Bonchev–Trinajstić information content (AvgIpc) is 2.83. The fraction of sp³-hybridized carbons (Fsp3) is 0.333. The molecule has 2 aromatic rings. The van der Waals surface area contributed by atoms with Gasteiger partial charge in [-0.2, -0.15) is 4.31 Å². The van der Waals surface area contributed by atoms with E-state index in [1.807, 2.05) is 0 Å². The first-order chi connectivity index (χ1) is 16.2. The molecule has 0 atom stereocenters. The highest BCUT2D eigenvalue weighted by atomic mass is 35.5. The van der Waals surface area contributed by atoms with Crippen LogP contribution in [-0.4, -0.2) is 62.4 Å². The SMILES string of the molecule is O=C(COC(=O)CCc1ccc(S(=O)(=O)N2CCOCC2)cc1)Nc1ccc(Cl)cc1[N+](=O)[O-]. The maximum absolute atomic E-state index is 12.6. The summed E-state index contributed by atoms with van der Waals surface area (Å²) in [5.41, 5.74) is 0.271. The Morgan fingerprint density at radius 3 is 2.47 bits per heavy atom. The number of ether oxygens (including phenoxy) is 2. The zero-order chi connectivity index (χ0) is 24.7. The number of nitrogens with zero attached hydrogens (tertiary/aromatic N) is 2. The summed E-state index contributed by atoms with van der Waals surface area (Å²) in [6, 6.07) is 9.97. The van der Waals surface area contributed by atoms with E-state index in [4.69, 9.17) is 21.1 Å². The first kappa shape index (κ1) is 25.6. The van der Waals surface area contributed by atoms with Gasteiger partial charge in [0.25, 0.3) is 11.6 Å². The molecule has 0 aliphatic carbocycles. The molecule has 0 radical (unpaired) electrons. The van der Waals surface area contributed by atoms with Crippen LogP contribution in [0.5, 0.6) is 0 Å². The maximum Gasteiger partial charge on any atom is 0.306 e. The van der Waals surface area contributed by atoms with Gasteiger partial charge in [0.2, 0.25) is 10.0 Å². The standard InChI is InChI=1S/C21H22ClN3O8S/c22-16-4-7-18(19(13-16)25(28)29)23-20(26)14-33-21(27)8-3-15-1-5-17(6-2-15)34(30,31)24-9-11-32-12-10-24/h1-2,4-7,13H,3,8-12,14H2,(H,23,26). The van der Waals surface area contributed by atoms with Crippen molar-refractivity contribution < 1.29 is 32.4 Å². The van der Waals surface area contributed by atoms with Gasteiger partial charge in [-0.3, -0.25) is 19.7 Å². The largest absolute Gasteiger partial charge is 0.456 e. The minimum Gasteiger partial charge on any atom is -0.456 e. The van der Waals surface area contributed by atoms with Gasteiger partial charge in [-0.1, -0.05) is 23.7 Å². The van der Waals surface area contributed by atoms with Gasteiger partial charge in [0.15, 0.2) is 6.61 Å². The average molecular weight is 512 g/mol. The van der Waals surface area contributed by atoms with Gasteiger partial charge < -0.3 is 14.8 Å². The number of carbonyl (C=O) groups excluding carboxylic acids is 2. The number of aryl methyl sites for hydroxylation is 1. The van der Waals surface area contributed by atoms with E-state index < -0.39 is 33.4 Å². The van der Waals surface area contributed by atoms with Crippen LogP contribution in [0.4, 0.5) is 11.4 Å². The number of rotatable bonds is 9. The highest BCUT2D eigenvalue weighted by Crippen LogP contribution is 2.27. The Kier molecular flexibility index (Phi) is 8.56. The normalized spacial score (nSPS) is 14.4. The lowest BCUT2D eigenvalue weighted by Gasteiger charge is -2.26. The fourth-order valence-corrected chi connectivity index (χ4v) is 4.75. The Hall–Kier alpha value is -3.06. The van der Waals surface area contributed by atoms with Crippen molar-refractivity contribution in [3.05, 3.63) is 63.2 Å². The Morgan fingerprint density at radius 1 is 1.15 bits per heavy atom. The number of carbonyl (C=O) groups is 2. The van der Waals surface area contributed by atoms with Gasteiger partial charge >= 0.3 is 5.97 Å². The molecule has 1 N–H and O–H groups in total. The van der Waals surface area contributed by atoms with Crippen molar-refractivity contribution in [2.75, 3.05) is 38.2 Å². The summed E-state index contributed by atoms with van der Waals surface area (Å²) >= 11 is 5.73. The second-order valence-corrected chi connectivity index (χ2v) is 9.66. The number of nitrogens with one attached hydrogen (secondary N) is 1. The van der Waals surface area contributed by atoms with Crippen LogP contribution in [0.3, 0.4) is 0 Å².